The molecule has 0 unspecified atom stereocenters. The zero-order valence-electron chi connectivity index (χ0n) is 62.5. The average Bonchev–Trinajstić information content (AvgIpc) is 3.15. The van der Waals surface area contributed by atoms with Gasteiger partial charge in [-0.1, -0.05) is 370 Å². The quantitative estimate of drug-likeness (QED) is 0.249. The fraction of sp³-hybridized carbons (Fsp3) is 1.00. The van der Waals surface area contributed by atoms with Gasteiger partial charge in [0.05, 0.1) is 0 Å². The largest absolute Gasteiger partial charge is 0.0651 e. The number of hydrogen-bond acceptors (Lipinski definition) is 0. The first-order valence-corrected chi connectivity index (χ1v) is 31.6. The third-order valence-corrected chi connectivity index (χ3v) is 22.5. The van der Waals surface area contributed by atoms with E-state index in [1.54, 1.807) is 0 Å². The van der Waals surface area contributed by atoms with E-state index in [2.05, 4.69) is 325 Å². The van der Waals surface area contributed by atoms with Gasteiger partial charge in [0.1, 0.15) is 0 Å². The van der Waals surface area contributed by atoms with Crippen LogP contribution in [0.25, 0.3) is 0 Å². The van der Waals surface area contributed by atoms with Crippen LogP contribution in [0.5, 0.6) is 0 Å². The smallest absolute Gasteiger partial charge is 0.0257 e. The minimum absolute atomic E-state index is 0.375. The topological polar surface area (TPSA) is 0 Å². The minimum atomic E-state index is 0.375. The summed E-state index contributed by atoms with van der Waals surface area (Å²) in [6.45, 7) is 108. The molecule has 1 atom stereocenters. The van der Waals surface area contributed by atoms with Crippen molar-refractivity contribution in [3.63, 3.8) is 0 Å². The molecule has 0 heterocycles. The molecule has 1 rings (SSSR count). The van der Waals surface area contributed by atoms with Gasteiger partial charge in [-0.05, 0) is 112 Å². The highest BCUT2D eigenvalue weighted by Crippen LogP contribution is 2.51. The minimum Gasteiger partial charge on any atom is -0.0651 e. The van der Waals surface area contributed by atoms with Crippen LogP contribution in [-0.4, -0.2) is 0 Å². The van der Waals surface area contributed by atoms with E-state index in [9.17, 15) is 0 Å². The van der Waals surface area contributed by atoms with Gasteiger partial charge in [0.2, 0.25) is 0 Å². The monoisotopic (exact) mass is 1050 g/mol. The van der Waals surface area contributed by atoms with Crippen molar-refractivity contribution >= 4 is 0 Å². The van der Waals surface area contributed by atoms with E-state index in [0.717, 1.165) is 41.4 Å². The van der Waals surface area contributed by atoms with Gasteiger partial charge in [-0.25, -0.2) is 0 Å². The van der Waals surface area contributed by atoms with Crippen LogP contribution in [-0.2, 0) is 0 Å². The highest BCUT2D eigenvalue weighted by Gasteiger charge is 2.42. The van der Waals surface area contributed by atoms with Crippen LogP contribution in [0.15, 0.2) is 0 Å². The second kappa shape index (κ2) is 33.7. The van der Waals surface area contributed by atoms with E-state index in [1.165, 1.54) is 44.9 Å². The van der Waals surface area contributed by atoms with Gasteiger partial charge in [-0.15, -0.1) is 0 Å². The Morgan fingerprint density at radius 3 is 0.649 bits per heavy atom. The van der Waals surface area contributed by atoms with Crippen LogP contribution >= 0.6 is 0 Å². The van der Waals surface area contributed by atoms with Crippen molar-refractivity contribution in [2.24, 2.45) is 112 Å². The van der Waals surface area contributed by atoms with E-state index in [1.807, 2.05) is 0 Å². The first kappa shape index (κ1) is 87.8. The van der Waals surface area contributed by atoms with Gasteiger partial charge >= 0.3 is 0 Å². The van der Waals surface area contributed by atoms with Crippen LogP contribution in [0.4, 0.5) is 0 Å². The van der Waals surface area contributed by atoms with Crippen LogP contribution in [0.2, 0.25) is 0 Å². The first-order valence-electron chi connectivity index (χ1n) is 31.6. The Bertz CT molecular complexity index is 1260. The molecule has 0 N–H and O–H groups in total. The predicted molar refractivity (Wildman–Crippen MR) is 355 cm³/mol. The molecular formula is C74H162. The maximum Gasteiger partial charge on any atom is -0.0257 e. The van der Waals surface area contributed by atoms with Gasteiger partial charge in [0.15, 0.2) is 0 Å². The molecule has 0 saturated heterocycles. The highest BCUT2D eigenvalue weighted by atomic mass is 14.5. The molecule has 0 spiro atoms. The molecule has 0 radical (unpaired) electrons. The van der Waals surface area contributed by atoms with Crippen molar-refractivity contribution in [2.75, 3.05) is 0 Å². The maximum atomic E-state index is 2.35. The third-order valence-electron chi connectivity index (χ3n) is 22.5. The van der Waals surface area contributed by atoms with E-state index >= 15 is 0 Å². The lowest BCUT2D eigenvalue weighted by atomic mass is 9.56. The van der Waals surface area contributed by atoms with Crippen molar-refractivity contribution in [3.05, 3.63) is 0 Å². The van der Waals surface area contributed by atoms with Gasteiger partial charge in [0, 0.05) is 0 Å². The fourth-order valence-corrected chi connectivity index (χ4v) is 7.08. The summed E-state index contributed by atoms with van der Waals surface area (Å²) in [7, 11) is 0. The van der Waals surface area contributed by atoms with Crippen LogP contribution < -0.4 is 0 Å². The Kier molecular flexibility index (Phi) is 40.0. The zero-order chi connectivity index (χ0) is 62.5. The molecule has 1 fully saturated rings. The molecule has 1 saturated carbocycles. The molecule has 74 heavy (non-hydrogen) atoms. The molecular weight excluding hydrogens is 889 g/mol. The summed E-state index contributed by atoms with van der Waals surface area (Å²) >= 11 is 0. The standard InChI is InChI=1S/C11H24.2C10H22.3C9H20.C8H16.C8H18/c1-9(2,3)11(7,8)10(4,5)6;1-8(9(2,3)4)10(5,6)7;1-8(2)10(6,7)9(3,4)5;1-7-9(5,6)8(2,3)4;1-7(2)8(3)9(4,5)6;1-7(2)9(5,6)8(3)4;1-2-8-6-4-3-5-7-8;1-7(2,3)8(4,5)6/h1-8H3;2*8H,1-7H3;7H2,1-6H3;2*7-8H,1-6H3;8H,2-7H2,1H3;1-6H3/t;;;;8-;;;/m....1.../s1. The second-order valence-corrected chi connectivity index (χ2v) is 37.1. The fourth-order valence-electron chi connectivity index (χ4n) is 7.08. The molecule has 0 nitrogen and oxygen atoms in total. The first-order chi connectivity index (χ1) is 31.6. The molecule has 458 valence electrons. The van der Waals surface area contributed by atoms with E-state index in [4.69, 9.17) is 0 Å². The summed E-state index contributed by atoms with van der Waals surface area (Å²) in [6.07, 6.45) is 10.2. The van der Waals surface area contributed by atoms with Gasteiger partial charge < -0.3 is 0 Å². The van der Waals surface area contributed by atoms with Crippen molar-refractivity contribution in [1.82, 2.24) is 0 Å². The Morgan fingerprint density at radius 2 is 0.608 bits per heavy atom. The van der Waals surface area contributed by atoms with Crippen molar-refractivity contribution in [1.29, 1.82) is 0 Å². The third kappa shape index (κ3) is 37.8. The van der Waals surface area contributed by atoms with E-state index < -0.39 is 0 Å². The Morgan fingerprint density at radius 1 is 0.324 bits per heavy atom. The Labute approximate surface area is 479 Å². The van der Waals surface area contributed by atoms with Gasteiger partial charge in [0.25, 0.3) is 0 Å². The lowest BCUT2D eigenvalue weighted by Crippen LogP contribution is -2.41. The molecule has 0 aromatic heterocycles. The molecule has 0 aromatic rings. The predicted octanol–water partition coefficient (Wildman–Crippen LogP) is 27.7. The summed E-state index contributed by atoms with van der Waals surface area (Å²) in [4.78, 5) is 0. The summed E-state index contributed by atoms with van der Waals surface area (Å²) in [5.74, 6) is 5.81. The van der Waals surface area contributed by atoms with Crippen molar-refractivity contribution in [2.45, 2.75) is 370 Å². The summed E-state index contributed by atoms with van der Waals surface area (Å²) < 4.78 is 0. The summed E-state index contributed by atoms with van der Waals surface area (Å²) in [5.41, 5.74) is 5.66. The average molecular weight is 1050 g/mol. The maximum absolute atomic E-state index is 2.35. The lowest BCUT2D eigenvalue weighted by Gasteiger charge is -2.49. The van der Waals surface area contributed by atoms with Crippen LogP contribution in [0.1, 0.15) is 370 Å². The molecule has 0 aromatic carbocycles. The Balaban J connectivity index is -0.000000139. The van der Waals surface area contributed by atoms with E-state index in [0.29, 0.717) is 70.4 Å². The molecule has 0 bridgehead atoms. The molecule has 0 heteroatoms. The summed E-state index contributed by atoms with van der Waals surface area (Å²) in [5, 5.41) is 0. The molecule has 1 aliphatic carbocycles. The number of hydrogen-bond donors (Lipinski definition) is 0. The zero-order valence-corrected chi connectivity index (χ0v) is 62.5. The van der Waals surface area contributed by atoms with Gasteiger partial charge in [-0.2, -0.15) is 0 Å². The van der Waals surface area contributed by atoms with Crippen molar-refractivity contribution < 1.29 is 0 Å². The number of rotatable bonds is 6. The Hall–Kier alpha value is 0. The lowest BCUT2D eigenvalue weighted by molar-refractivity contribution is 0.00575. The van der Waals surface area contributed by atoms with Crippen LogP contribution in [0.3, 0.4) is 0 Å². The normalized spacial score (nSPS) is 15.6. The summed E-state index contributed by atoms with van der Waals surface area (Å²) in [6, 6.07) is 0. The van der Waals surface area contributed by atoms with Crippen LogP contribution in [0, 0.1) is 112 Å². The molecule has 0 amide bonds. The van der Waals surface area contributed by atoms with Gasteiger partial charge in [-0.3, -0.25) is 0 Å². The molecule has 1 aliphatic rings. The highest BCUT2D eigenvalue weighted by molar-refractivity contribution is 4.91. The van der Waals surface area contributed by atoms with Crippen molar-refractivity contribution in [3.8, 4) is 0 Å². The van der Waals surface area contributed by atoms with E-state index in [-0.39, 0.29) is 0 Å². The SMILES string of the molecule is CC(C(C)(C)C)C(C)(C)C.CC(C)(C)C(C)(C)C.CC(C)(C)C(C)(C)C(C)(C)C.CC(C)C(C)(C)C(C)(C)C.CC(C)C(C)(C)C(C)C.CC(C)[C@@H](C)C(C)(C)C.CCC(C)(C)C(C)(C)C.CCC1CCCCC1. The molecule has 0 aliphatic heterocycles. The second-order valence-electron chi connectivity index (χ2n) is 37.1.